The molecule has 8 heteroatoms. The highest BCUT2D eigenvalue weighted by molar-refractivity contribution is 5.85. The van der Waals surface area contributed by atoms with Crippen molar-refractivity contribution in [1.29, 1.82) is 0 Å². The monoisotopic (exact) mass is 433 g/mol. The maximum absolute atomic E-state index is 10.3. The number of unbranched alkanes of at least 4 members (excludes halogenated alkanes) is 3. The van der Waals surface area contributed by atoms with Crippen LogP contribution in [0.15, 0.2) is 24.3 Å². The first-order valence-corrected chi connectivity index (χ1v) is 10.1. The first-order chi connectivity index (χ1) is 13.7. The Hall–Kier alpha value is -1.38. The van der Waals surface area contributed by atoms with E-state index in [1.807, 2.05) is 12.1 Å². The maximum atomic E-state index is 10.3. The van der Waals surface area contributed by atoms with Gasteiger partial charge in [0.2, 0.25) is 0 Å². The molecule has 0 fully saturated rings. The average Bonchev–Trinajstić information content (AvgIpc) is 2.69. The van der Waals surface area contributed by atoms with Gasteiger partial charge in [-0.1, -0.05) is 18.6 Å². The van der Waals surface area contributed by atoms with Gasteiger partial charge in [0.05, 0.1) is 46.1 Å². The van der Waals surface area contributed by atoms with Crippen LogP contribution in [-0.4, -0.2) is 63.9 Å². The summed E-state index contributed by atoms with van der Waals surface area (Å²) in [6.45, 7) is 4.33. The van der Waals surface area contributed by atoms with Gasteiger partial charge in [0, 0.05) is 6.61 Å². The number of carbonyl (C=O) groups is 1. The summed E-state index contributed by atoms with van der Waals surface area (Å²) in [4.78, 5) is 10.3. The number of hydrogen-bond acceptors (Lipinski definition) is 6. The van der Waals surface area contributed by atoms with Crippen LogP contribution in [0.4, 0.5) is 0 Å². The zero-order valence-corrected chi connectivity index (χ0v) is 18.0. The Morgan fingerprint density at radius 3 is 1.93 bits per heavy atom. The van der Waals surface area contributed by atoms with E-state index in [9.17, 15) is 4.79 Å². The number of nitrogens with two attached hydrogens (primary N) is 1. The number of carboxylic acids is 1. The second-order valence-electron chi connectivity index (χ2n) is 6.43. The van der Waals surface area contributed by atoms with Crippen molar-refractivity contribution in [2.45, 2.75) is 38.5 Å². The van der Waals surface area contributed by atoms with E-state index in [-0.39, 0.29) is 25.4 Å². The summed E-state index contributed by atoms with van der Waals surface area (Å²) in [5, 5.41) is 8.45. The van der Waals surface area contributed by atoms with Gasteiger partial charge in [0.1, 0.15) is 5.75 Å². The maximum Gasteiger partial charge on any atom is 0.305 e. The van der Waals surface area contributed by atoms with Gasteiger partial charge in [-0.2, -0.15) is 0 Å². The van der Waals surface area contributed by atoms with Gasteiger partial charge < -0.3 is 29.8 Å². The summed E-state index contributed by atoms with van der Waals surface area (Å²) in [5.74, 6) is 0.0617. The molecule has 1 aromatic rings. The van der Waals surface area contributed by atoms with E-state index in [4.69, 9.17) is 29.8 Å². The molecule has 0 atom stereocenters. The summed E-state index contributed by atoms with van der Waals surface area (Å²) in [7, 11) is 0. The second-order valence-corrected chi connectivity index (χ2v) is 6.43. The summed E-state index contributed by atoms with van der Waals surface area (Å²) in [6.07, 6.45) is 5.24. The fourth-order valence-electron chi connectivity index (χ4n) is 2.47. The molecule has 0 aliphatic carbocycles. The lowest BCUT2D eigenvalue weighted by Gasteiger charge is -2.08. The molecule has 0 heterocycles. The minimum atomic E-state index is -0.852. The van der Waals surface area contributed by atoms with Crippen molar-refractivity contribution in [3.63, 3.8) is 0 Å². The lowest BCUT2D eigenvalue weighted by Crippen LogP contribution is -2.11. The molecular formula is C21H36ClNO6. The van der Waals surface area contributed by atoms with E-state index in [0.717, 1.165) is 51.1 Å². The van der Waals surface area contributed by atoms with Crippen molar-refractivity contribution in [2.75, 3.05) is 52.8 Å². The number of carboxylic acid groups (broad SMARTS) is 1. The SMILES string of the molecule is Cl.NCCc1ccc(OCCCCCCOCCOCCOCCC(=O)O)cc1. The molecule has 0 aliphatic rings. The Bertz CT molecular complexity index is 500. The van der Waals surface area contributed by atoms with Crippen molar-refractivity contribution in [3.8, 4) is 5.75 Å². The van der Waals surface area contributed by atoms with Crippen LogP contribution >= 0.6 is 12.4 Å². The van der Waals surface area contributed by atoms with Crippen molar-refractivity contribution in [3.05, 3.63) is 29.8 Å². The molecule has 7 nitrogen and oxygen atoms in total. The van der Waals surface area contributed by atoms with Gasteiger partial charge in [-0.15, -0.1) is 12.4 Å². The number of aliphatic carboxylic acids is 1. The molecule has 0 aromatic heterocycles. The average molecular weight is 434 g/mol. The second kappa shape index (κ2) is 19.9. The molecule has 1 rings (SSSR count). The molecule has 0 spiro atoms. The summed E-state index contributed by atoms with van der Waals surface area (Å²) in [6, 6.07) is 8.14. The topological polar surface area (TPSA) is 100 Å². The zero-order chi connectivity index (χ0) is 20.3. The minimum Gasteiger partial charge on any atom is -0.494 e. The molecular weight excluding hydrogens is 398 g/mol. The standard InChI is InChI=1S/C21H35NO6.ClH/c22-11-9-19-5-7-20(8-6-19)28-13-4-2-1-3-12-25-15-17-27-18-16-26-14-10-21(23)24;/h5-8H,1-4,9-18,22H2,(H,23,24);1H. The molecule has 3 N–H and O–H groups in total. The Morgan fingerprint density at radius 2 is 1.34 bits per heavy atom. The largest absolute Gasteiger partial charge is 0.494 e. The predicted molar refractivity (Wildman–Crippen MR) is 115 cm³/mol. The van der Waals surface area contributed by atoms with Crippen molar-refractivity contribution in [2.24, 2.45) is 5.73 Å². The van der Waals surface area contributed by atoms with Crippen LogP contribution in [0.5, 0.6) is 5.75 Å². The highest BCUT2D eigenvalue weighted by Gasteiger charge is 1.98. The molecule has 29 heavy (non-hydrogen) atoms. The van der Waals surface area contributed by atoms with Crippen LogP contribution < -0.4 is 10.5 Å². The molecule has 0 unspecified atom stereocenters. The van der Waals surface area contributed by atoms with Crippen LogP contribution in [0.2, 0.25) is 0 Å². The van der Waals surface area contributed by atoms with E-state index in [1.165, 1.54) is 5.56 Å². The number of benzene rings is 1. The van der Waals surface area contributed by atoms with Gasteiger partial charge in [-0.25, -0.2) is 0 Å². The molecule has 0 saturated heterocycles. The molecule has 0 bridgehead atoms. The molecule has 168 valence electrons. The first-order valence-electron chi connectivity index (χ1n) is 10.1. The molecule has 1 aromatic carbocycles. The Morgan fingerprint density at radius 1 is 0.793 bits per heavy atom. The smallest absolute Gasteiger partial charge is 0.305 e. The van der Waals surface area contributed by atoms with Gasteiger partial charge in [-0.05, 0) is 49.9 Å². The van der Waals surface area contributed by atoms with Crippen LogP contribution in [0.25, 0.3) is 0 Å². The number of hydrogen-bond donors (Lipinski definition) is 2. The van der Waals surface area contributed by atoms with Crippen molar-refractivity contribution >= 4 is 18.4 Å². The van der Waals surface area contributed by atoms with Crippen LogP contribution in [0.1, 0.15) is 37.7 Å². The van der Waals surface area contributed by atoms with Crippen LogP contribution in [0.3, 0.4) is 0 Å². The molecule has 0 aliphatic heterocycles. The van der Waals surface area contributed by atoms with Gasteiger partial charge in [-0.3, -0.25) is 4.79 Å². The zero-order valence-electron chi connectivity index (χ0n) is 17.2. The number of rotatable bonds is 19. The van der Waals surface area contributed by atoms with Crippen molar-refractivity contribution < 1.29 is 28.8 Å². The molecule has 0 radical (unpaired) electrons. The Balaban J connectivity index is 0.00000784. The fraction of sp³-hybridized carbons (Fsp3) is 0.667. The Kier molecular flexibility index (Phi) is 19.0. The Labute approximate surface area is 180 Å². The summed E-state index contributed by atoms with van der Waals surface area (Å²) >= 11 is 0. The van der Waals surface area contributed by atoms with E-state index < -0.39 is 5.97 Å². The molecule has 0 saturated carbocycles. The van der Waals surface area contributed by atoms with E-state index in [1.54, 1.807) is 0 Å². The highest BCUT2D eigenvalue weighted by Crippen LogP contribution is 2.13. The minimum absolute atomic E-state index is 0. The van der Waals surface area contributed by atoms with Gasteiger partial charge in [0.25, 0.3) is 0 Å². The fourth-order valence-corrected chi connectivity index (χ4v) is 2.47. The third-order valence-electron chi connectivity index (χ3n) is 4.01. The van der Waals surface area contributed by atoms with Crippen LogP contribution in [0, 0.1) is 0 Å². The third kappa shape index (κ3) is 17.2. The van der Waals surface area contributed by atoms with Crippen LogP contribution in [-0.2, 0) is 25.4 Å². The summed E-state index contributed by atoms with van der Waals surface area (Å²) < 4.78 is 21.7. The predicted octanol–water partition coefficient (Wildman–Crippen LogP) is 3.07. The van der Waals surface area contributed by atoms with E-state index in [0.29, 0.717) is 33.0 Å². The lowest BCUT2D eigenvalue weighted by molar-refractivity contribution is -0.138. The van der Waals surface area contributed by atoms with Crippen molar-refractivity contribution in [1.82, 2.24) is 0 Å². The highest BCUT2D eigenvalue weighted by atomic mass is 35.5. The van der Waals surface area contributed by atoms with Gasteiger partial charge in [0.15, 0.2) is 0 Å². The number of ether oxygens (including phenoxy) is 4. The van der Waals surface area contributed by atoms with E-state index in [2.05, 4.69) is 12.1 Å². The normalized spacial score (nSPS) is 10.5. The van der Waals surface area contributed by atoms with E-state index >= 15 is 0 Å². The molecule has 0 amide bonds. The third-order valence-corrected chi connectivity index (χ3v) is 4.01. The first kappa shape index (κ1) is 27.6. The lowest BCUT2D eigenvalue weighted by atomic mass is 10.1. The quantitative estimate of drug-likeness (QED) is 0.323. The number of halogens is 1. The van der Waals surface area contributed by atoms with Gasteiger partial charge >= 0.3 is 5.97 Å². The summed E-state index contributed by atoms with van der Waals surface area (Å²) in [5.41, 5.74) is 6.78.